The number of carbonyl (C=O) groups excluding carboxylic acids is 4. The van der Waals surface area contributed by atoms with Crippen molar-refractivity contribution in [2.75, 3.05) is 41.3 Å². The fourth-order valence-electron chi connectivity index (χ4n) is 5.71. The van der Waals surface area contributed by atoms with Gasteiger partial charge in [0, 0.05) is 46.1 Å². The molecule has 0 saturated carbocycles. The molecular weight excluding hydrogens is 858 g/mol. The minimum absolute atomic E-state index is 0.0216. The van der Waals surface area contributed by atoms with Crippen molar-refractivity contribution in [3.63, 3.8) is 0 Å². The van der Waals surface area contributed by atoms with Gasteiger partial charge in [0.25, 0.3) is 0 Å². The molecular formula is C44H65Cl5N4O6. The van der Waals surface area contributed by atoms with Gasteiger partial charge in [0.1, 0.15) is 11.2 Å². The molecule has 0 bridgehead atoms. The number of hydrogen-bond donors (Lipinski definition) is 1. The van der Waals surface area contributed by atoms with Crippen LogP contribution in [0.4, 0.5) is 9.59 Å². The van der Waals surface area contributed by atoms with Crippen LogP contribution in [-0.2, 0) is 30.1 Å². The number of ether oxygens (including phenoxy) is 2. The van der Waals surface area contributed by atoms with Gasteiger partial charge in [-0.1, -0.05) is 98.4 Å². The minimum atomic E-state index is -0.933. The van der Waals surface area contributed by atoms with Crippen LogP contribution < -0.4 is 5.32 Å². The van der Waals surface area contributed by atoms with E-state index in [2.05, 4.69) is 18.5 Å². The average molecular weight is 923 g/mol. The van der Waals surface area contributed by atoms with Crippen molar-refractivity contribution in [1.29, 1.82) is 0 Å². The molecule has 0 spiro atoms. The summed E-state index contributed by atoms with van der Waals surface area (Å²) in [6.07, 6.45) is 3.50. The molecule has 2 unspecified atom stereocenters. The molecule has 2 aromatic carbocycles. The van der Waals surface area contributed by atoms with Crippen LogP contribution in [0.2, 0.25) is 20.1 Å². The predicted molar refractivity (Wildman–Crippen MR) is 246 cm³/mol. The first-order valence-electron chi connectivity index (χ1n) is 19.1. The highest BCUT2D eigenvalue weighted by Gasteiger charge is 2.43. The van der Waals surface area contributed by atoms with Gasteiger partial charge >= 0.3 is 12.2 Å². The summed E-state index contributed by atoms with van der Waals surface area (Å²) in [6.45, 7) is 26.6. The molecule has 15 heteroatoms. The van der Waals surface area contributed by atoms with Crippen molar-refractivity contribution in [3.8, 4) is 0 Å². The molecule has 332 valence electrons. The van der Waals surface area contributed by atoms with Crippen LogP contribution >= 0.6 is 58.0 Å². The van der Waals surface area contributed by atoms with E-state index in [1.54, 1.807) is 81.2 Å². The number of likely N-dealkylation sites (N-methyl/N-ethyl adjacent to an activating group) is 4. The van der Waals surface area contributed by atoms with E-state index in [0.717, 1.165) is 11.1 Å². The Morgan fingerprint density at radius 3 is 1.34 bits per heavy atom. The van der Waals surface area contributed by atoms with Gasteiger partial charge in [0.15, 0.2) is 0 Å². The van der Waals surface area contributed by atoms with Gasteiger partial charge in [0.2, 0.25) is 11.1 Å². The standard InChI is InChI=1S/C22H32Cl2N2O3.C18H26Cl2N2O2.C4H7ClO/c1-9-12-22(14-25(7)19(27)15(2)3,16-10-11-17(23)18(24)13-16)26(8)20(28)29-21(4,5)6;1-7-10-18(12-21-5,13-8-9-14(19)15(20)11-13)22(6)16(23)24-17(2,3)4;1-3(2)4(5)6/h9-11,13,15H,1,12,14H2,2-8H3;7-9,11,21H,1,10,12H2,2-6H3;3H,1-2H3. The molecule has 2 atom stereocenters. The Labute approximate surface area is 378 Å². The van der Waals surface area contributed by atoms with Crippen molar-refractivity contribution in [2.24, 2.45) is 11.8 Å². The molecule has 0 aliphatic rings. The Balaban J connectivity index is 0.00000101. The fraction of sp³-hybridized carbons (Fsp3) is 0.545. The van der Waals surface area contributed by atoms with Gasteiger partial charge in [-0.15, -0.1) is 13.2 Å². The molecule has 3 amide bonds. The topological polar surface area (TPSA) is 108 Å². The van der Waals surface area contributed by atoms with Crippen molar-refractivity contribution < 1.29 is 28.7 Å². The maximum absolute atomic E-state index is 13.0. The zero-order chi connectivity index (χ0) is 46.3. The molecule has 2 aromatic rings. The Kier molecular flexibility index (Phi) is 23.2. The van der Waals surface area contributed by atoms with Gasteiger partial charge in [-0.2, -0.15) is 0 Å². The van der Waals surface area contributed by atoms with E-state index < -0.39 is 34.5 Å². The predicted octanol–water partition coefficient (Wildman–Crippen LogP) is 12.0. The average Bonchev–Trinajstić information content (AvgIpc) is 3.11. The largest absolute Gasteiger partial charge is 0.444 e. The maximum atomic E-state index is 13.0. The third-order valence-corrected chi connectivity index (χ3v) is 10.7. The molecule has 0 fully saturated rings. The second-order valence-corrected chi connectivity index (χ2v) is 18.7. The summed E-state index contributed by atoms with van der Waals surface area (Å²) in [5.41, 5.74) is -1.27. The first-order chi connectivity index (χ1) is 27.0. The summed E-state index contributed by atoms with van der Waals surface area (Å²) in [6, 6.07) is 10.6. The molecule has 10 nitrogen and oxygen atoms in total. The Morgan fingerprint density at radius 2 is 1.03 bits per heavy atom. The third-order valence-electron chi connectivity index (χ3n) is 8.79. The van der Waals surface area contributed by atoms with Crippen molar-refractivity contribution >= 4 is 81.3 Å². The van der Waals surface area contributed by atoms with Crippen molar-refractivity contribution in [1.82, 2.24) is 20.0 Å². The van der Waals surface area contributed by atoms with Crippen LogP contribution in [0.1, 0.15) is 93.2 Å². The highest BCUT2D eigenvalue weighted by Crippen LogP contribution is 2.38. The summed E-state index contributed by atoms with van der Waals surface area (Å²) in [4.78, 5) is 52.9. The van der Waals surface area contributed by atoms with Crippen LogP contribution in [-0.4, -0.2) is 90.5 Å². The third kappa shape index (κ3) is 17.5. The second kappa shape index (κ2) is 24.5. The summed E-state index contributed by atoms with van der Waals surface area (Å²) < 4.78 is 11.1. The zero-order valence-electron chi connectivity index (χ0n) is 37.2. The summed E-state index contributed by atoms with van der Waals surface area (Å²) in [5.74, 6) is -0.232. The highest BCUT2D eigenvalue weighted by atomic mass is 35.5. The number of benzene rings is 2. The highest BCUT2D eigenvalue weighted by molar-refractivity contribution is 6.63. The van der Waals surface area contributed by atoms with Gasteiger partial charge < -0.3 is 19.7 Å². The lowest BCUT2D eigenvalue weighted by Crippen LogP contribution is -2.55. The van der Waals surface area contributed by atoms with Crippen LogP contribution in [0.3, 0.4) is 0 Å². The molecule has 0 heterocycles. The van der Waals surface area contributed by atoms with Crippen molar-refractivity contribution in [3.05, 3.63) is 92.9 Å². The quantitative estimate of drug-likeness (QED) is 0.148. The number of nitrogens with one attached hydrogen (secondary N) is 1. The smallest absolute Gasteiger partial charge is 0.410 e. The molecule has 0 radical (unpaired) electrons. The lowest BCUT2D eigenvalue weighted by atomic mass is 9.84. The molecule has 0 aliphatic heterocycles. The van der Waals surface area contributed by atoms with E-state index in [1.165, 1.54) is 4.90 Å². The SMILES string of the molecule is C=CCC(CN(C)C(=O)C(C)C)(c1ccc(Cl)c(Cl)c1)N(C)C(=O)OC(C)(C)C.C=CCC(CNC)(c1ccc(Cl)c(Cl)c1)N(C)C(=O)OC(C)(C)C.CC(C)C(=O)Cl. The van der Waals surface area contributed by atoms with Crippen LogP contribution in [0.5, 0.6) is 0 Å². The van der Waals surface area contributed by atoms with Gasteiger partial charge in [0.05, 0.1) is 31.2 Å². The number of carbonyl (C=O) groups is 4. The first-order valence-corrected chi connectivity index (χ1v) is 21.0. The molecule has 59 heavy (non-hydrogen) atoms. The van der Waals surface area contributed by atoms with E-state index >= 15 is 0 Å². The number of rotatable bonds is 14. The van der Waals surface area contributed by atoms with Gasteiger partial charge in [-0.3, -0.25) is 19.4 Å². The molecule has 0 aromatic heterocycles. The van der Waals surface area contributed by atoms with E-state index in [-0.39, 0.29) is 29.5 Å². The van der Waals surface area contributed by atoms with Crippen LogP contribution in [0.15, 0.2) is 61.7 Å². The zero-order valence-corrected chi connectivity index (χ0v) is 41.0. The monoisotopic (exact) mass is 920 g/mol. The van der Waals surface area contributed by atoms with E-state index in [9.17, 15) is 19.2 Å². The minimum Gasteiger partial charge on any atom is -0.444 e. The Bertz CT molecular complexity index is 1740. The normalized spacial score (nSPS) is 13.3. The van der Waals surface area contributed by atoms with Crippen LogP contribution in [0, 0.1) is 11.8 Å². The van der Waals surface area contributed by atoms with Gasteiger partial charge in [-0.05, 0) is 108 Å². The number of amides is 3. The van der Waals surface area contributed by atoms with E-state index in [4.69, 9.17) is 67.5 Å². The number of hydrogen-bond acceptors (Lipinski definition) is 7. The second-order valence-electron chi connectivity index (χ2n) is 16.7. The molecule has 0 saturated heterocycles. The van der Waals surface area contributed by atoms with Crippen LogP contribution in [0.25, 0.3) is 0 Å². The molecule has 2 rings (SSSR count). The lowest BCUT2D eigenvalue weighted by Gasteiger charge is -2.44. The summed E-state index contributed by atoms with van der Waals surface area (Å²) >= 11 is 29.6. The van der Waals surface area contributed by atoms with E-state index in [1.807, 2.05) is 74.6 Å². The fourth-order valence-corrected chi connectivity index (χ4v) is 6.31. The Morgan fingerprint density at radius 1 is 0.678 bits per heavy atom. The first kappa shape index (κ1) is 56.0. The van der Waals surface area contributed by atoms with Gasteiger partial charge in [-0.25, -0.2) is 9.59 Å². The number of halogens is 5. The Hall–Kier alpha value is -2.99. The maximum Gasteiger partial charge on any atom is 0.410 e. The van der Waals surface area contributed by atoms with Crippen molar-refractivity contribution in [2.45, 2.75) is 104 Å². The lowest BCUT2D eigenvalue weighted by molar-refractivity contribution is -0.135. The molecule has 0 aliphatic carbocycles. The summed E-state index contributed by atoms with van der Waals surface area (Å²) in [5, 5.41) is 4.57. The molecule has 1 N–H and O–H groups in total. The number of nitrogens with zero attached hydrogens (tertiary/aromatic N) is 3. The summed E-state index contributed by atoms with van der Waals surface area (Å²) in [7, 11) is 6.93. The van der Waals surface area contributed by atoms with E-state index in [0.29, 0.717) is 39.5 Å².